The van der Waals surface area contributed by atoms with E-state index in [2.05, 4.69) is 77.7 Å². The van der Waals surface area contributed by atoms with Crippen LogP contribution >= 0.6 is 11.6 Å². The molecule has 0 saturated heterocycles. The lowest BCUT2D eigenvalue weighted by molar-refractivity contribution is 0.0200. The first-order valence-electron chi connectivity index (χ1n) is 13.0. The molecule has 1 N–H and O–H groups in total. The molecule has 1 saturated carbocycles. The maximum atomic E-state index is 14.1. The Balaban J connectivity index is 1.84. The molecule has 1 fully saturated rings. The highest BCUT2D eigenvalue weighted by Crippen LogP contribution is 2.55. The van der Waals surface area contributed by atoms with Gasteiger partial charge in [0.15, 0.2) is 0 Å². The summed E-state index contributed by atoms with van der Waals surface area (Å²) in [6, 6.07) is 8.24. The van der Waals surface area contributed by atoms with E-state index in [-0.39, 0.29) is 16.9 Å². The average molecular weight is 516 g/mol. The van der Waals surface area contributed by atoms with Crippen LogP contribution in [0.4, 0.5) is 0 Å². The van der Waals surface area contributed by atoms with Crippen LogP contribution < -0.4 is 0 Å². The Morgan fingerprint density at radius 3 is 2.31 bits per heavy atom. The van der Waals surface area contributed by atoms with Gasteiger partial charge < -0.3 is 10.0 Å². The molecule has 3 nitrogen and oxygen atoms in total. The third kappa shape index (κ3) is 5.65. The van der Waals surface area contributed by atoms with Crippen LogP contribution in [0, 0.1) is 16.7 Å². The van der Waals surface area contributed by atoms with Crippen molar-refractivity contribution in [2.45, 2.75) is 92.3 Å². The number of hydrogen-bond acceptors (Lipinski definition) is 3. The summed E-state index contributed by atoms with van der Waals surface area (Å²) in [4.78, 5) is 3.49. The predicted molar refractivity (Wildman–Crippen MR) is 148 cm³/mol. The van der Waals surface area contributed by atoms with E-state index in [1.54, 1.807) is 0 Å². The molecule has 1 heterocycles. The van der Waals surface area contributed by atoms with Crippen LogP contribution in [0.15, 0.2) is 58.2 Å². The van der Waals surface area contributed by atoms with Crippen molar-refractivity contribution >= 4 is 22.4 Å². The van der Waals surface area contributed by atoms with Crippen LogP contribution in [0.3, 0.4) is 0 Å². The Hall–Kier alpha value is -1.36. The Kier molecular flexibility index (Phi) is 7.25. The molecule has 0 aromatic heterocycles. The van der Waals surface area contributed by atoms with Crippen molar-refractivity contribution in [3.8, 4) is 0 Å². The highest BCUT2D eigenvalue weighted by atomic mass is 35.5. The predicted octanol–water partition coefficient (Wildman–Crippen LogP) is 7.38. The molecule has 2 atom stereocenters. The molecule has 0 spiro atoms. The summed E-state index contributed by atoms with van der Waals surface area (Å²) in [5, 5.41) is 11.9. The summed E-state index contributed by atoms with van der Waals surface area (Å²) in [5.74, 6) is 1.05. The van der Waals surface area contributed by atoms with E-state index >= 15 is 0 Å². The van der Waals surface area contributed by atoms with Crippen molar-refractivity contribution < 1.29 is 9.32 Å². The normalized spacial score (nSPS) is 22.8. The van der Waals surface area contributed by atoms with Gasteiger partial charge in [-0.3, -0.25) is 4.21 Å². The van der Waals surface area contributed by atoms with Gasteiger partial charge in [-0.25, -0.2) is 0 Å². The molecule has 5 heteroatoms. The lowest BCUT2D eigenvalue weighted by Gasteiger charge is -2.37. The van der Waals surface area contributed by atoms with Crippen LogP contribution in [-0.4, -0.2) is 31.6 Å². The fraction of sp³-hybridized carbons (Fsp3) is 0.600. The fourth-order valence-electron chi connectivity index (χ4n) is 5.39. The van der Waals surface area contributed by atoms with Crippen LogP contribution in [0.1, 0.15) is 79.7 Å². The molecule has 0 amide bonds. The Labute approximate surface area is 219 Å². The molecular weight excluding hydrogens is 474 g/mol. The van der Waals surface area contributed by atoms with Crippen LogP contribution in [0.25, 0.3) is 0 Å². The highest BCUT2D eigenvalue weighted by Gasteiger charge is 2.54. The van der Waals surface area contributed by atoms with E-state index in [9.17, 15) is 9.32 Å². The Bertz CT molecular complexity index is 1080. The van der Waals surface area contributed by atoms with Crippen molar-refractivity contribution in [1.82, 2.24) is 4.90 Å². The maximum Gasteiger partial charge on any atom is 0.0704 e. The van der Waals surface area contributed by atoms with Crippen molar-refractivity contribution in [3.05, 3.63) is 68.8 Å². The first-order chi connectivity index (χ1) is 16.2. The molecule has 3 aliphatic rings. The minimum atomic E-state index is -1.13. The van der Waals surface area contributed by atoms with Gasteiger partial charge in [-0.15, -0.1) is 0 Å². The molecule has 4 rings (SSSR count). The lowest BCUT2D eigenvalue weighted by atomic mass is 9.79. The van der Waals surface area contributed by atoms with E-state index < -0.39 is 16.4 Å². The molecule has 35 heavy (non-hydrogen) atoms. The SMILES string of the molecule is CC(C)C1=CCC2C(=C1)C(S(=O)CC(C)(C)C)=C(CC(C)(C)C1(O)CC1)N2Cc1ccc(Cl)cc1. The van der Waals surface area contributed by atoms with E-state index in [0.29, 0.717) is 18.1 Å². The third-order valence-corrected chi connectivity index (χ3v) is 10.1. The van der Waals surface area contributed by atoms with E-state index in [1.165, 1.54) is 16.7 Å². The van der Waals surface area contributed by atoms with Gasteiger partial charge in [0.05, 0.1) is 27.3 Å². The van der Waals surface area contributed by atoms with Gasteiger partial charge in [-0.1, -0.05) is 84.4 Å². The highest BCUT2D eigenvalue weighted by molar-refractivity contribution is 7.89. The monoisotopic (exact) mass is 515 g/mol. The van der Waals surface area contributed by atoms with Crippen LogP contribution in [-0.2, 0) is 17.3 Å². The zero-order valence-electron chi connectivity index (χ0n) is 22.5. The van der Waals surface area contributed by atoms with Gasteiger partial charge >= 0.3 is 0 Å². The van der Waals surface area contributed by atoms with Gasteiger partial charge in [-0.2, -0.15) is 0 Å². The molecule has 2 unspecified atom stereocenters. The molecule has 192 valence electrons. The van der Waals surface area contributed by atoms with Gasteiger partial charge in [0.25, 0.3) is 0 Å². The number of halogens is 1. The maximum absolute atomic E-state index is 14.1. The summed E-state index contributed by atoms with van der Waals surface area (Å²) in [5.41, 5.74) is 3.93. The average Bonchev–Trinajstić information content (AvgIpc) is 3.44. The first kappa shape index (κ1) is 26.7. The number of nitrogens with zero attached hydrogens (tertiary/aromatic N) is 1. The van der Waals surface area contributed by atoms with Gasteiger partial charge in [0, 0.05) is 23.0 Å². The lowest BCUT2D eigenvalue weighted by Crippen LogP contribution is -2.37. The van der Waals surface area contributed by atoms with Crippen LogP contribution in [0.2, 0.25) is 5.02 Å². The molecule has 1 aromatic rings. The molecule has 0 bridgehead atoms. The Morgan fingerprint density at radius 1 is 1.14 bits per heavy atom. The molecule has 0 radical (unpaired) electrons. The zero-order chi connectivity index (χ0) is 25.8. The standard InChI is InChI=1S/C30H42ClNO2S/c1-20(2)22-10-13-25-24(16-22)27(35(34)19-28(3,4)5)26(17-29(6,7)30(33)14-15-30)32(25)18-21-8-11-23(31)12-9-21/h8-12,16,20,25,33H,13-15,17-19H2,1-7H3. The summed E-state index contributed by atoms with van der Waals surface area (Å²) in [6.45, 7) is 16.0. The first-order valence-corrected chi connectivity index (χ1v) is 14.7. The van der Waals surface area contributed by atoms with Crippen LogP contribution in [0.5, 0.6) is 0 Å². The van der Waals surface area contributed by atoms with E-state index in [1.807, 2.05) is 12.1 Å². The summed E-state index contributed by atoms with van der Waals surface area (Å²) in [6.07, 6.45) is 7.99. The minimum absolute atomic E-state index is 0.0434. The van der Waals surface area contributed by atoms with Crippen molar-refractivity contribution in [1.29, 1.82) is 0 Å². The number of rotatable bonds is 8. The molecule has 1 aromatic carbocycles. The van der Waals surface area contributed by atoms with Gasteiger partial charge in [0.2, 0.25) is 0 Å². The Morgan fingerprint density at radius 2 is 1.77 bits per heavy atom. The van der Waals surface area contributed by atoms with Crippen molar-refractivity contribution in [3.63, 3.8) is 0 Å². The molecular formula is C30H42ClNO2S. The largest absolute Gasteiger partial charge is 0.389 e. The molecule has 2 aliphatic carbocycles. The third-order valence-electron chi connectivity index (χ3n) is 7.82. The van der Waals surface area contributed by atoms with E-state index in [0.717, 1.165) is 41.4 Å². The second kappa shape index (κ2) is 9.50. The summed E-state index contributed by atoms with van der Waals surface area (Å²) < 4.78 is 14.1. The number of fused-ring (bicyclic) bond motifs is 1. The number of benzene rings is 1. The summed E-state index contributed by atoms with van der Waals surface area (Å²) >= 11 is 6.18. The number of aliphatic hydroxyl groups is 1. The van der Waals surface area contributed by atoms with Gasteiger partial charge in [-0.05, 0) is 71.3 Å². The van der Waals surface area contributed by atoms with Crippen molar-refractivity contribution in [2.24, 2.45) is 16.7 Å². The topological polar surface area (TPSA) is 40.5 Å². The zero-order valence-corrected chi connectivity index (χ0v) is 24.0. The second-order valence-electron chi connectivity index (χ2n) is 12.9. The molecule has 1 aliphatic heterocycles. The fourth-order valence-corrected chi connectivity index (χ4v) is 7.36. The number of allylic oxidation sites excluding steroid dienone is 3. The minimum Gasteiger partial charge on any atom is -0.389 e. The smallest absolute Gasteiger partial charge is 0.0704 e. The van der Waals surface area contributed by atoms with Crippen molar-refractivity contribution in [2.75, 3.05) is 5.75 Å². The second-order valence-corrected chi connectivity index (χ2v) is 14.7. The van der Waals surface area contributed by atoms with Gasteiger partial charge in [0.1, 0.15) is 0 Å². The van der Waals surface area contributed by atoms with E-state index in [4.69, 9.17) is 11.6 Å². The quantitative estimate of drug-likeness (QED) is 0.392. The number of hydrogen-bond donors (Lipinski definition) is 1. The summed E-state index contributed by atoms with van der Waals surface area (Å²) in [7, 11) is -1.13.